The molecular weight excluding hydrogens is 254 g/mol. The maximum Gasteiger partial charge on any atom is 0.326 e. The van der Waals surface area contributed by atoms with Crippen LogP contribution in [0.1, 0.15) is 19.3 Å². The molecule has 0 aromatic carbocycles. The summed E-state index contributed by atoms with van der Waals surface area (Å²) >= 11 is 0. The van der Waals surface area contributed by atoms with Gasteiger partial charge in [0.25, 0.3) is 0 Å². The Labute approximate surface area is 110 Å². The van der Waals surface area contributed by atoms with E-state index < -0.39 is 18.0 Å². The number of nitrogens with zero attached hydrogens (tertiary/aromatic N) is 1. The molecule has 0 saturated carbocycles. The van der Waals surface area contributed by atoms with Crippen LogP contribution in [0.5, 0.6) is 0 Å². The molecule has 0 bridgehead atoms. The summed E-state index contributed by atoms with van der Waals surface area (Å²) in [7, 11) is 0. The van der Waals surface area contributed by atoms with Gasteiger partial charge in [-0.1, -0.05) is 0 Å². The van der Waals surface area contributed by atoms with Crippen LogP contribution in [0, 0.1) is 5.92 Å². The van der Waals surface area contributed by atoms with Crippen molar-refractivity contribution in [2.45, 2.75) is 25.3 Å². The van der Waals surface area contributed by atoms with Gasteiger partial charge in [-0.25, -0.2) is 9.59 Å². The van der Waals surface area contributed by atoms with E-state index in [9.17, 15) is 14.4 Å². The summed E-state index contributed by atoms with van der Waals surface area (Å²) in [6.07, 6.45) is 0.930. The van der Waals surface area contributed by atoms with Crippen molar-refractivity contribution in [1.29, 1.82) is 0 Å². The highest BCUT2D eigenvalue weighted by Crippen LogP contribution is 2.16. The van der Waals surface area contributed by atoms with Crippen LogP contribution in [-0.4, -0.2) is 58.8 Å². The van der Waals surface area contributed by atoms with Crippen LogP contribution in [0.3, 0.4) is 0 Å². The third-order valence-electron chi connectivity index (χ3n) is 3.20. The van der Waals surface area contributed by atoms with Gasteiger partial charge in [0, 0.05) is 32.0 Å². The van der Waals surface area contributed by atoms with Gasteiger partial charge in [-0.15, -0.1) is 0 Å². The smallest absolute Gasteiger partial charge is 0.326 e. The largest absolute Gasteiger partial charge is 0.480 e. The molecule has 0 aromatic heterocycles. The number of carbonyl (C=O) groups is 3. The van der Waals surface area contributed by atoms with Gasteiger partial charge in [0.2, 0.25) is 5.91 Å². The fraction of sp³-hybridized carbons (Fsp3) is 0.727. The normalized spacial score (nSPS) is 17.8. The number of nitrogens with two attached hydrogens (primary N) is 1. The Kier molecular flexibility index (Phi) is 5.56. The molecule has 8 nitrogen and oxygen atoms in total. The van der Waals surface area contributed by atoms with Gasteiger partial charge in [-0.3, -0.25) is 4.79 Å². The Balaban J connectivity index is 2.46. The number of piperidine rings is 1. The topological polar surface area (TPSA) is 133 Å². The summed E-state index contributed by atoms with van der Waals surface area (Å²) in [5.74, 6) is -1.78. The number of nitrogens with one attached hydrogen (secondary N) is 1. The first kappa shape index (κ1) is 15.2. The number of amides is 3. The summed E-state index contributed by atoms with van der Waals surface area (Å²) in [5.41, 5.74) is 5.19. The number of carboxylic acid groups (broad SMARTS) is 1. The van der Waals surface area contributed by atoms with Crippen molar-refractivity contribution in [3.05, 3.63) is 0 Å². The van der Waals surface area contributed by atoms with Crippen molar-refractivity contribution in [1.82, 2.24) is 10.2 Å². The van der Waals surface area contributed by atoms with Crippen molar-refractivity contribution in [3.8, 4) is 0 Å². The van der Waals surface area contributed by atoms with Gasteiger partial charge in [0.1, 0.15) is 6.04 Å². The first-order valence-corrected chi connectivity index (χ1v) is 6.14. The van der Waals surface area contributed by atoms with E-state index in [1.165, 1.54) is 4.90 Å². The molecule has 0 aliphatic carbocycles. The zero-order valence-corrected chi connectivity index (χ0v) is 10.5. The Morgan fingerprint density at radius 1 is 1.32 bits per heavy atom. The van der Waals surface area contributed by atoms with Crippen molar-refractivity contribution < 1.29 is 24.6 Å². The number of hydrogen-bond donors (Lipinski definition) is 4. The van der Waals surface area contributed by atoms with Crippen molar-refractivity contribution >= 4 is 17.9 Å². The number of likely N-dealkylation sites (tertiary alicyclic amines) is 1. The van der Waals surface area contributed by atoms with E-state index in [4.69, 9.17) is 15.9 Å². The lowest BCUT2D eigenvalue weighted by Crippen LogP contribution is -2.51. The zero-order chi connectivity index (χ0) is 14.4. The quantitative estimate of drug-likeness (QED) is 0.495. The first-order valence-electron chi connectivity index (χ1n) is 6.14. The van der Waals surface area contributed by atoms with Crippen molar-refractivity contribution in [2.75, 3.05) is 19.7 Å². The molecule has 1 heterocycles. The number of rotatable bonds is 5. The van der Waals surface area contributed by atoms with Crippen LogP contribution in [0.2, 0.25) is 0 Å². The first-order chi connectivity index (χ1) is 8.95. The third kappa shape index (κ3) is 4.40. The van der Waals surface area contributed by atoms with Gasteiger partial charge in [-0.05, 0) is 12.8 Å². The lowest BCUT2D eigenvalue weighted by Gasteiger charge is -2.31. The molecule has 1 saturated heterocycles. The standard InChI is InChI=1S/C11H19N3O5/c12-9(16)7-1-4-14(5-2-7)11(19)13-8(3-6-15)10(17)18/h7-8,15H,1-6H2,(H2,12,16)(H,13,19)(H,17,18)/t8-/m1/s1. The molecule has 0 aromatic rings. The minimum absolute atomic E-state index is 0.0428. The number of aliphatic carboxylic acids is 1. The average molecular weight is 273 g/mol. The molecule has 0 spiro atoms. The maximum atomic E-state index is 11.8. The third-order valence-corrected chi connectivity index (χ3v) is 3.20. The number of primary amides is 1. The van der Waals surface area contributed by atoms with E-state index in [2.05, 4.69) is 5.32 Å². The van der Waals surface area contributed by atoms with E-state index in [-0.39, 0.29) is 24.9 Å². The van der Waals surface area contributed by atoms with Crippen LogP contribution < -0.4 is 11.1 Å². The molecule has 1 aliphatic heterocycles. The van der Waals surface area contributed by atoms with E-state index in [0.29, 0.717) is 25.9 Å². The molecule has 1 rings (SSSR count). The molecule has 0 unspecified atom stereocenters. The predicted octanol–water partition coefficient (Wildman–Crippen LogP) is -1.27. The lowest BCUT2D eigenvalue weighted by atomic mass is 9.96. The number of carboxylic acids is 1. The Morgan fingerprint density at radius 3 is 2.32 bits per heavy atom. The molecule has 1 atom stereocenters. The average Bonchev–Trinajstić information content (AvgIpc) is 2.38. The number of urea groups is 1. The predicted molar refractivity (Wildman–Crippen MR) is 65.1 cm³/mol. The van der Waals surface area contributed by atoms with Crippen LogP contribution in [0.4, 0.5) is 4.79 Å². The van der Waals surface area contributed by atoms with Crippen molar-refractivity contribution in [2.24, 2.45) is 11.7 Å². The lowest BCUT2D eigenvalue weighted by molar-refractivity contribution is -0.139. The minimum atomic E-state index is -1.19. The second-order valence-electron chi connectivity index (χ2n) is 4.52. The zero-order valence-electron chi connectivity index (χ0n) is 10.5. The van der Waals surface area contributed by atoms with Crippen LogP contribution in [0.15, 0.2) is 0 Å². The van der Waals surface area contributed by atoms with Crippen LogP contribution in [0.25, 0.3) is 0 Å². The van der Waals surface area contributed by atoms with Gasteiger partial charge >= 0.3 is 12.0 Å². The molecule has 8 heteroatoms. The van der Waals surface area contributed by atoms with Gasteiger partial charge in [-0.2, -0.15) is 0 Å². The fourth-order valence-electron chi connectivity index (χ4n) is 1.99. The van der Waals surface area contributed by atoms with Gasteiger partial charge < -0.3 is 26.2 Å². The number of carbonyl (C=O) groups excluding carboxylic acids is 2. The molecular formula is C11H19N3O5. The molecule has 3 amide bonds. The second kappa shape index (κ2) is 6.93. The summed E-state index contributed by atoms with van der Waals surface area (Å²) in [5, 5.41) is 19.9. The van der Waals surface area contributed by atoms with Crippen LogP contribution >= 0.6 is 0 Å². The second-order valence-corrected chi connectivity index (χ2v) is 4.52. The summed E-state index contributed by atoms with van der Waals surface area (Å²) in [6.45, 7) is 0.413. The summed E-state index contributed by atoms with van der Waals surface area (Å²) in [4.78, 5) is 35.1. The SMILES string of the molecule is NC(=O)C1CCN(C(=O)N[C@H](CCO)C(=O)O)CC1. The van der Waals surface area contributed by atoms with E-state index >= 15 is 0 Å². The molecule has 5 N–H and O–H groups in total. The highest BCUT2D eigenvalue weighted by molar-refractivity contribution is 5.83. The number of hydrogen-bond acceptors (Lipinski definition) is 4. The molecule has 108 valence electrons. The maximum absolute atomic E-state index is 11.8. The number of aliphatic hydroxyl groups excluding tert-OH is 1. The van der Waals surface area contributed by atoms with Crippen LogP contribution in [-0.2, 0) is 9.59 Å². The molecule has 19 heavy (non-hydrogen) atoms. The highest BCUT2D eigenvalue weighted by atomic mass is 16.4. The Hall–Kier alpha value is -1.83. The molecule has 0 radical (unpaired) electrons. The van der Waals surface area contributed by atoms with E-state index in [0.717, 1.165) is 0 Å². The van der Waals surface area contributed by atoms with E-state index in [1.807, 2.05) is 0 Å². The Bertz CT molecular complexity index is 352. The van der Waals surface area contributed by atoms with E-state index in [1.54, 1.807) is 0 Å². The monoisotopic (exact) mass is 273 g/mol. The van der Waals surface area contributed by atoms with Gasteiger partial charge in [0.15, 0.2) is 0 Å². The Morgan fingerprint density at radius 2 is 1.89 bits per heavy atom. The highest BCUT2D eigenvalue weighted by Gasteiger charge is 2.28. The summed E-state index contributed by atoms with van der Waals surface area (Å²) < 4.78 is 0. The minimum Gasteiger partial charge on any atom is -0.480 e. The van der Waals surface area contributed by atoms with Gasteiger partial charge in [0.05, 0.1) is 0 Å². The molecule has 1 fully saturated rings. The molecule has 1 aliphatic rings. The summed E-state index contributed by atoms with van der Waals surface area (Å²) in [6, 6.07) is -1.60. The number of aliphatic hydroxyl groups is 1. The fourth-order valence-corrected chi connectivity index (χ4v) is 1.99. The van der Waals surface area contributed by atoms with Crippen molar-refractivity contribution in [3.63, 3.8) is 0 Å².